The van der Waals surface area contributed by atoms with E-state index < -0.39 is 0 Å². The van der Waals surface area contributed by atoms with Crippen LogP contribution in [-0.4, -0.2) is 4.98 Å². The zero-order valence-electron chi connectivity index (χ0n) is 7.44. The largest absolute Gasteiger partial charge is 0.397 e. The zero-order chi connectivity index (χ0) is 9.97. The topological polar surface area (TPSA) is 38.9 Å². The number of aromatic nitrogens is 1. The lowest BCUT2D eigenvalue weighted by Gasteiger charge is -2.04. The fourth-order valence-corrected chi connectivity index (χ4v) is 1.42. The van der Waals surface area contributed by atoms with E-state index >= 15 is 0 Å². The zero-order valence-corrected chi connectivity index (χ0v) is 8.20. The second-order valence-corrected chi connectivity index (χ2v) is 3.33. The minimum atomic E-state index is 0.457. The van der Waals surface area contributed by atoms with Crippen molar-refractivity contribution in [2.75, 3.05) is 5.73 Å². The van der Waals surface area contributed by atoms with Gasteiger partial charge >= 0.3 is 0 Å². The summed E-state index contributed by atoms with van der Waals surface area (Å²) in [4.78, 5) is 4.18. The summed E-state index contributed by atoms with van der Waals surface area (Å²) < 4.78 is 0. The fraction of sp³-hybridized carbons (Fsp3) is 0. The molecule has 14 heavy (non-hydrogen) atoms. The molecule has 0 bridgehead atoms. The van der Waals surface area contributed by atoms with Crippen molar-refractivity contribution < 1.29 is 0 Å². The Labute approximate surface area is 87.4 Å². The van der Waals surface area contributed by atoms with Crippen LogP contribution in [0.2, 0.25) is 5.15 Å². The predicted molar refractivity (Wildman–Crippen MR) is 59.1 cm³/mol. The third-order valence-corrected chi connectivity index (χ3v) is 2.15. The van der Waals surface area contributed by atoms with Crippen molar-refractivity contribution in [3.05, 3.63) is 47.6 Å². The number of nitrogens with zero attached hydrogens (tertiary/aromatic N) is 1. The van der Waals surface area contributed by atoms with Crippen LogP contribution < -0.4 is 5.73 Å². The average molecular weight is 205 g/mol. The van der Waals surface area contributed by atoms with Gasteiger partial charge in [-0.25, -0.2) is 4.98 Å². The number of halogens is 1. The maximum atomic E-state index is 5.80. The van der Waals surface area contributed by atoms with E-state index in [1.54, 1.807) is 12.1 Å². The molecular weight excluding hydrogens is 196 g/mol. The van der Waals surface area contributed by atoms with Gasteiger partial charge in [0, 0.05) is 5.56 Å². The van der Waals surface area contributed by atoms with Crippen LogP contribution in [0.5, 0.6) is 0 Å². The number of hydrogen-bond donors (Lipinski definition) is 1. The van der Waals surface area contributed by atoms with E-state index in [4.69, 9.17) is 17.3 Å². The van der Waals surface area contributed by atoms with Gasteiger partial charge in [0.15, 0.2) is 0 Å². The van der Waals surface area contributed by atoms with Crippen LogP contribution in [-0.2, 0) is 0 Å². The molecule has 3 heteroatoms. The number of nitrogen functional groups attached to an aromatic ring is 1. The molecule has 1 aromatic carbocycles. The minimum absolute atomic E-state index is 0.457. The Bertz CT molecular complexity index is 440. The van der Waals surface area contributed by atoms with Crippen molar-refractivity contribution in [1.29, 1.82) is 0 Å². The van der Waals surface area contributed by atoms with Crippen LogP contribution in [0, 0.1) is 0 Å². The van der Waals surface area contributed by atoms with Crippen molar-refractivity contribution in [3.63, 3.8) is 0 Å². The Morgan fingerprint density at radius 2 is 1.71 bits per heavy atom. The van der Waals surface area contributed by atoms with E-state index in [9.17, 15) is 0 Å². The molecule has 2 rings (SSSR count). The SMILES string of the molecule is Nc1ccc(Cl)nc1-c1ccccc1. The molecule has 0 aliphatic heterocycles. The summed E-state index contributed by atoms with van der Waals surface area (Å²) >= 11 is 5.80. The van der Waals surface area contributed by atoms with Gasteiger partial charge in [-0.3, -0.25) is 0 Å². The van der Waals surface area contributed by atoms with Crippen molar-refractivity contribution in [2.24, 2.45) is 0 Å². The molecule has 0 aliphatic rings. The Morgan fingerprint density at radius 1 is 1.00 bits per heavy atom. The standard InChI is InChI=1S/C11H9ClN2/c12-10-7-6-9(13)11(14-10)8-4-2-1-3-5-8/h1-7H,13H2. The number of pyridine rings is 1. The van der Waals surface area contributed by atoms with E-state index in [1.807, 2.05) is 30.3 Å². The molecule has 2 nitrogen and oxygen atoms in total. The quantitative estimate of drug-likeness (QED) is 0.726. The van der Waals surface area contributed by atoms with Crippen molar-refractivity contribution in [1.82, 2.24) is 4.98 Å². The molecular formula is C11H9ClN2. The average Bonchev–Trinajstić information content (AvgIpc) is 2.23. The molecule has 0 atom stereocenters. The van der Waals surface area contributed by atoms with E-state index in [0.717, 1.165) is 11.3 Å². The number of benzene rings is 1. The highest BCUT2D eigenvalue weighted by Crippen LogP contribution is 2.24. The lowest BCUT2D eigenvalue weighted by Crippen LogP contribution is -1.93. The van der Waals surface area contributed by atoms with Gasteiger partial charge < -0.3 is 5.73 Å². The molecule has 0 saturated carbocycles. The van der Waals surface area contributed by atoms with E-state index in [0.29, 0.717) is 10.8 Å². The Kier molecular flexibility index (Phi) is 2.37. The van der Waals surface area contributed by atoms with Gasteiger partial charge in [0.05, 0.1) is 11.4 Å². The second kappa shape index (κ2) is 3.68. The van der Waals surface area contributed by atoms with Crippen molar-refractivity contribution >= 4 is 17.3 Å². The highest BCUT2D eigenvalue weighted by Gasteiger charge is 2.03. The third-order valence-electron chi connectivity index (χ3n) is 1.94. The highest BCUT2D eigenvalue weighted by molar-refractivity contribution is 6.29. The van der Waals surface area contributed by atoms with Crippen molar-refractivity contribution in [2.45, 2.75) is 0 Å². The molecule has 1 aromatic heterocycles. The number of hydrogen-bond acceptors (Lipinski definition) is 2. The number of rotatable bonds is 1. The molecule has 2 aromatic rings. The Hall–Kier alpha value is -1.54. The van der Waals surface area contributed by atoms with Crippen LogP contribution in [0.4, 0.5) is 5.69 Å². The summed E-state index contributed by atoms with van der Waals surface area (Å²) in [6.45, 7) is 0. The van der Waals surface area contributed by atoms with Crippen LogP contribution in [0.25, 0.3) is 11.3 Å². The summed E-state index contributed by atoms with van der Waals surface area (Å²) in [6.07, 6.45) is 0. The van der Waals surface area contributed by atoms with Crippen molar-refractivity contribution in [3.8, 4) is 11.3 Å². The molecule has 0 radical (unpaired) electrons. The summed E-state index contributed by atoms with van der Waals surface area (Å²) in [5.41, 5.74) is 8.15. The van der Waals surface area contributed by atoms with Gasteiger partial charge in [-0.2, -0.15) is 0 Å². The van der Waals surface area contributed by atoms with Gasteiger partial charge in [0.25, 0.3) is 0 Å². The Morgan fingerprint density at radius 3 is 2.43 bits per heavy atom. The molecule has 0 saturated heterocycles. The van der Waals surface area contributed by atoms with Gasteiger partial charge in [-0.05, 0) is 12.1 Å². The first-order chi connectivity index (χ1) is 6.77. The van der Waals surface area contributed by atoms with Gasteiger partial charge in [0.2, 0.25) is 0 Å². The summed E-state index contributed by atoms with van der Waals surface area (Å²) in [6, 6.07) is 13.2. The number of nitrogens with two attached hydrogens (primary N) is 1. The molecule has 70 valence electrons. The summed E-state index contributed by atoms with van der Waals surface area (Å²) in [7, 11) is 0. The van der Waals surface area contributed by atoms with Gasteiger partial charge in [0.1, 0.15) is 5.15 Å². The van der Waals surface area contributed by atoms with Crippen LogP contribution in [0.15, 0.2) is 42.5 Å². The first-order valence-electron chi connectivity index (χ1n) is 4.25. The minimum Gasteiger partial charge on any atom is -0.397 e. The summed E-state index contributed by atoms with van der Waals surface area (Å²) in [5.74, 6) is 0. The van der Waals surface area contributed by atoms with E-state index in [2.05, 4.69) is 4.98 Å². The molecule has 0 spiro atoms. The van der Waals surface area contributed by atoms with Gasteiger partial charge in [-0.15, -0.1) is 0 Å². The maximum Gasteiger partial charge on any atom is 0.129 e. The monoisotopic (exact) mass is 204 g/mol. The summed E-state index contributed by atoms with van der Waals surface area (Å²) in [5, 5.41) is 0.457. The van der Waals surface area contributed by atoms with Gasteiger partial charge in [-0.1, -0.05) is 41.9 Å². The van der Waals surface area contributed by atoms with Crippen LogP contribution >= 0.6 is 11.6 Å². The first kappa shape index (κ1) is 9.03. The first-order valence-corrected chi connectivity index (χ1v) is 4.62. The maximum absolute atomic E-state index is 5.80. The third kappa shape index (κ3) is 1.70. The Balaban J connectivity index is 2.57. The lowest BCUT2D eigenvalue weighted by atomic mass is 10.1. The molecule has 1 heterocycles. The molecule has 0 aliphatic carbocycles. The normalized spacial score (nSPS) is 10.1. The smallest absolute Gasteiger partial charge is 0.129 e. The van der Waals surface area contributed by atoms with E-state index in [1.165, 1.54) is 0 Å². The second-order valence-electron chi connectivity index (χ2n) is 2.94. The molecule has 0 amide bonds. The lowest BCUT2D eigenvalue weighted by molar-refractivity contribution is 1.33. The van der Waals surface area contributed by atoms with Crippen LogP contribution in [0.1, 0.15) is 0 Å². The molecule has 2 N–H and O–H groups in total. The number of anilines is 1. The predicted octanol–water partition coefficient (Wildman–Crippen LogP) is 2.98. The highest BCUT2D eigenvalue weighted by atomic mass is 35.5. The van der Waals surface area contributed by atoms with E-state index in [-0.39, 0.29) is 0 Å². The molecule has 0 fully saturated rings. The fourth-order valence-electron chi connectivity index (χ4n) is 1.27. The van der Waals surface area contributed by atoms with Crippen LogP contribution in [0.3, 0.4) is 0 Å². The molecule has 0 unspecified atom stereocenters.